The molecular weight excluding hydrogens is 339 g/mol. The van der Waals surface area contributed by atoms with E-state index in [2.05, 4.69) is 10.1 Å². The molecule has 5 nitrogen and oxygen atoms in total. The lowest BCUT2D eigenvalue weighted by atomic mass is 9.86. The van der Waals surface area contributed by atoms with Crippen LogP contribution in [-0.2, 0) is 9.53 Å². The van der Waals surface area contributed by atoms with Gasteiger partial charge in [0.25, 0.3) is 0 Å². The average molecular weight is 361 g/mol. The zero-order chi connectivity index (χ0) is 18.7. The number of aliphatic hydroxyl groups is 1. The van der Waals surface area contributed by atoms with Gasteiger partial charge in [-0.3, -0.25) is 4.79 Å². The summed E-state index contributed by atoms with van der Waals surface area (Å²) in [6, 6.07) is 4.53. The summed E-state index contributed by atoms with van der Waals surface area (Å²) in [5.74, 6) is -0.774. The zero-order valence-electron chi connectivity index (χ0n) is 14.1. The highest BCUT2D eigenvalue weighted by Crippen LogP contribution is 2.39. The quantitative estimate of drug-likeness (QED) is 0.817. The SMILES string of the molecule is CO[C@H]([C@H](NC(C)=O)c1cccc(OC(F)(F)F)c1)C1(O)CCCC1. The molecule has 0 bridgehead atoms. The Morgan fingerprint density at radius 3 is 2.48 bits per heavy atom. The Balaban J connectivity index is 2.36. The summed E-state index contributed by atoms with van der Waals surface area (Å²) in [4.78, 5) is 11.6. The molecule has 140 valence electrons. The number of carbonyl (C=O) groups excluding carboxylic acids is 1. The molecule has 0 unspecified atom stereocenters. The minimum Gasteiger partial charge on any atom is -0.406 e. The van der Waals surface area contributed by atoms with E-state index < -0.39 is 29.9 Å². The summed E-state index contributed by atoms with van der Waals surface area (Å²) < 4.78 is 46.8. The van der Waals surface area contributed by atoms with Crippen LogP contribution in [0.1, 0.15) is 44.2 Å². The maximum absolute atomic E-state index is 12.5. The highest BCUT2D eigenvalue weighted by Gasteiger charge is 2.45. The monoisotopic (exact) mass is 361 g/mol. The summed E-state index contributed by atoms with van der Waals surface area (Å²) in [6.45, 7) is 1.30. The molecule has 0 radical (unpaired) electrons. The van der Waals surface area contributed by atoms with Crippen LogP contribution in [-0.4, -0.2) is 36.2 Å². The van der Waals surface area contributed by atoms with Gasteiger partial charge in [0.1, 0.15) is 11.9 Å². The standard InChI is InChI=1S/C17H22F3NO4/c1-11(22)21-14(15(24-2)16(23)8-3-4-9-16)12-6-5-7-13(10-12)25-17(18,19)20/h5-7,10,14-15,23H,3-4,8-9H2,1-2H3,(H,21,22)/t14-,15-/m1/s1. The van der Waals surface area contributed by atoms with Crippen molar-refractivity contribution >= 4 is 5.91 Å². The maximum atomic E-state index is 12.5. The number of alkyl halides is 3. The Morgan fingerprint density at radius 1 is 1.32 bits per heavy atom. The van der Waals surface area contributed by atoms with Crippen LogP contribution in [0.4, 0.5) is 13.2 Å². The van der Waals surface area contributed by atoms with Gasteiger partial charge < -0.3 is 19.9 Å². The second kappa shape index (κ2) is 7.61. The van der Waals surface area contributed by atoms with Gasteiger partial charge in [0.15, 0.2) is 0 Å². The van der Waals surface area contributed by atoms with Crippen LogP contribution in [0.25, 0.3) is 0 Å². The number of carbonyl (C=O) groups is 1. The predicted molar refractivity (Wildman–Crippen MR) is 83.9 cm³/mol. The Hall–Kier alpha value is -1.80. The summed E-state index contributed by atoms with van der Waals surface area (Å²) in [5.41, 5.74) is -0.785. The lowest BCUT2D eigenvalue weighted by Crippen LogP contribution is -2.50. The van der Waals surface area contributed by atoms with E-state index in [0.29, 0.717) is 18.4 Å². The molecule has 8 heteroatoms. The summed E-state index contributed by atoms with van der Waals surface area (Å²) in [6.07, 6.45) is -2.96. The Kier molecular flexibility index (Phi) is 5.95. The van der Waals surface area contributed by atoms with Crippen molar-refractivity contribution in [3.8, 4) is 5.75 Å². The normalized spacial score (nSPS) is 19.3. The van der Waals surface area contributed by atoms with E-state index >= 15 is 0 Å². The zero-order valence-corrected chi connectivity index (χ0v) is 14.1. The fourth-order valence-corrected chi connectivity index (χ4v) is 3.40. The molecule has 1 amide bonds. The number of methoxy groups -OCH3 is 1. The Labute approximate surface area is 144 Å². The summed E-state index contributed by atoms with van der Waals surface area (Å²) in [5, 5.41) is 13.5. The predicted octanol–water partition coefficient (Wildman–Crippen LogP) is 3.08. The molecule has 1 aliphatic carbocycles. The summed E-state index contributed by atoms with van der Waals surface area (Å²) >= 11 is 0. The number of rotatable bonds is 6. The van der Waals surface area contributed by atoms with Gasteiger partial charge in [-0.25, -0.2) is 0 Å². The molecule has 0 aromatic heterocycles. The number of ether oxygens (including phenoxy) is 2. The lowest BCUT2D eigenvalue weighted by Gasteiger charge is -2.37. The highest BCUT2D eigenvalue weighted by molar-refractivity contribution is 5.73. The molecule has 0 saturated heterocycles. The number of hydrogen-bond donors (Lipinski definition) is 2. The van der Waals surface area contributed by atoms with E-state index in [-0.39, 0.29) is 5.91 Å². The van der Waals surface area contributed by atoms with E-state index in [1.807, 2.05) is 0 Å². The van der Waals surface area contributed by atoms with Crippen LogP contribution in [0.3, 0.4) is 0 Å². The van der Waals surface area contributed by atoms with Gasteiger partial charge in [-0.1, -0.05) is 25.0 Å². The van der Waals surface area contributed by atoms with Gasteiger partial charge in [-0.15, -0.1) is 13.2 Å². The lowest BCUT2D eigenvalue weighted by molar-refractivity contribution is -0.274. The smallest absolute Gasteiger partial charge is 0.406 e. The molecule has 0 heterocycles. The first-order valence-corrected chi connectivity index (χ1v) is 8.02. The van der Waals surface area contributed by atoms with Crippen molar-refractivity contribution in [1.82, 2.24) is 5.32 Å². The summed E-state index contributed by atoms with van der Waals surface area (Å²) in [7, 11) is 1.41. The third kappa shape index (κ3) is 5.09. The second-order valence-corrected chi connectivity index (χ2v) is 6.27. The van der Waals surface area contributed by atoms with E-state index in [1.54, 1.807) is 6.07 Å². The average Bonchev–Trinajstić information content (AvgIpc) is 2.92. The molecule has 1 fully saturated rings. The molecular formula is C17H22F3NO4. The minimum absolute atomic E-state index is 0.365. The number of nitrogens with one attached hydrogen (secondary N) is 1. The Bertz CT molecular complexity index is 600. The van der Waals surface area contributed by atoms with E-state index in [9.17, 15) is 23.1 Å². The van der Waals surface area contributed by atoms with Crippen molar-refractivity contribution in [3.05, 3.63) is 29.8 Å². The van der Waals surface area contributed by atoms with Crippen molar-refractivity contribution in [2.24, 2.45) is 0 Å². The molecule has 1 aromatic rings. The number of benzene rings is 1. The van der Waals surface area contributed by atoms with Crippen molar-refractivity contribution in [2.45, 2.75) is 56.7 Å². The molecule has 2 atom stereocenters. The van der Waals surface area contributed by atoms with E-state index in [1.165, 1.54) is 32.2 Å². The van der Waals surface area contributed by atoms with Gasteiger partial charge >= 0.3 is 6.36 Å². The molecule has 0 aliphatic heterocycles. The first-order chi connectivity index (χ1) is 11.6. The fourth-order valence-electron chi connectivity index (χ4n) is 3.40. The minimum atomic E-state index is -4.81. The van der Waals surface area contributed by atoms with Gasteiger partial charge in [0, 0.05) is 14.0 Å². The van der Waals surface area contributed by atoms with Crippen LogP contribution < -0.4 is 10.1 Å². The number of amides is 1. The van der Waals surface area contributed by atoms with Crippen molar-refractivity contribution in [1.29, 1.82) is 0 Å². The van der Waals surface area contributed by atoms with Crippen molar-refractivity contribution < 1.29 is 32.5 Å². The molecule has 1 saturated carbocycles. The molecule has 1 aliphatic rings. The highest BCUT2D eigenvalue weighted by atomic mass is 19.4. The van der Waals surface area contributed by atoms with Crippen LogP contribution in [0.2, 0.25) is 0 Å². The largest absolute Gasteiger partial charge is 0.573 e. The van der Waals surface area contributed by atoms with Crippen LogP contribution in [0.15, 0.2) is 24.3 Å². The van der Waals surface area contributed by atoms with Crippen molar-refractivity contribution in [2.75, 3.05) is 7.11 Å². The van der Waals surface area contributed by atoms with Gasteiger partial charge in [-0.2, -0.15) is 0 Å². The van der Waals surface area contributed by atoms with Crippen LogP contribution >= 0.6 is 0 Å². The van der Waals surface area contributed by atoms with Crippen molar-refractivity contribution in [3.63, 3.8) is 0 Å². The van der Waals surface area contributed by atoms with Gasteiger partial charge in [0.2, 0.25) is 5.91 Å². The number of halogens is 3. The van der Waals surface area contributed by atoms with Gasteiger partial charge in [-0.05, 0) is 30.5 Å². The molecule has 25 heavy (non-hydrogen) atoms. The molecule has 2 rings (SSSR count). The molecule has 0 spiro atoms. The topological polar surface area (TPSA) is 67.8 Å². The van der Waals surface area contributed by atoms with Crippen LogP contribution in [0, 0.1) is 0 Å². The van der Waals surface area contributed by atoms with E-state index in [4.69, 9.17) is 4.74 Å². The second-order valence-electron chi connectivity index (χ2n) is 6.27. The van der Waals surface area contributed by atoms with Crippen LogP contribution in [0.5, 0.6) is 5.75 Å². The first kappa shape index (κ1) is 19.5. The maximum Gasteiger partial charge on any atom is 0.573 e. The van der Waals surface area contributed by atoms with E-state index in [0.717, 1.165) is 12.8 Å². The molecule has 1 aromatic carbocycles. The first-order valence-electron chi connectivity index (χ1n) is 8.02. The third-order valence-corrected chi connectivity index (χ3v) is 4.37. The Morgan fingerprint density at radius 2 is 1.96 bits per heavy atom. The molecule has 2 N–H and O–H groups in total. The fraction of sp³-hybridized carbons (Fsp3) is 0.588. The third-order valence-electron chi connectivity index (χ3n) is 4.37. The van der Waals surface area contributed by atoms with Gasteiger partial charge in [0.05, 0.1) is 11.6 Å². The number of hydrogen-bond acceptors (Lipinski definition) is 4.